The van der Waals surface area contributed by atoms with Crippen LogP contribution in [0.25, 0.3) is 0 Å². The van der Waals surface area contributed by atoms with E-state index in [0.29, 0.717) is 12.1 Å². The van der Waals surface area contributed by atoms with Crippen molar-refractivity contribution >= 4 is 5.97 Å². The summed E-state index contributed by atoms with van der Waals surface area (Å²) in [6.45, 7) is 1.54. The Balaban J connectivity index is 3.21. The predicted molar refractivity (Wildman–Crippen MR) is 64.6 cm³/mol. The lowest BCUT2D eigenvalue weighted by atomic mass is 9.98. The molecule has 0 bridgehead atoms. The van der Waals surface area contributed by atoms with E-state index < -0.39 is 47.5 Å². The third kappa shape index (κ3) is 4.90. The summed E-state index contributed by atoms with van der Waals surface area (Å²) < 4.78 is 80.7. The Labute approximate surface area is 122 Å². The van der Waals surface area contributed by atoms with Gasteiger partial charge in [0, 0.05) is 6.04 Å². The van der Waals surface area contributed by atoms with Crippen molar-refractivity contribution in [1.29, 1.82) is 0 Å². The molecule has 0 heterocycles. The van der Waals surface area contributed by atoms with Crippen LogP contribution in [0.4, 0.5) is 26.3 Å². The minimum absolute atomic E-state index is 0.000580. The van der Waals surface area contributed by atoms with E-state index in [1.54, 1.807) is 0 Å². The van der Waals surface area contributed by atoms with Gasteiger partial charge in [-0.05, 0) is 30.7 Å². The maximum Gasteiger partial charge on any atom is 0.416 e. The zero-order valence-corrected chi connectivity index (χ0v) is 11.4. The smallest absolute Gasteiger partial charge is 0.416 e. The standard InChI is InChI=1S/C13H13F6NO2/c1-2-22-11(21)6-10(20)7-3-8(12(14,15)16)5-9(4-7)13(17,18)19/h3-5,10H,2,6,20H2,1H3. The number of hydrogen-bond acceptors (Lipinski definition) is 3. The molecule has 1 rings (SSSR count). The van der Waals surface area contributed by atoms with E-state index >= 15 is 0 Å². The first kappa shape index (κ1) is 18.3. The molecule has 9 heteroatoms. The number of esters is 1. The van der Waals surface area contributed by atoms with Crippen LogP contribution in [0.1, 0.15) is 36.1 Å². The van der Waals surface area contributed by atoms with E-state index in [0.717, 1.165) is 0 Å². The van der Waals surface area contributed by atoms with Crippen molar-refractivity contribution in [2.75, 3.05) is 6.61 Å². The number of nitrogens with two attached hydrogens (primary N) is 1. The molecule has 124 valence electrons. The molecule has 0 amide bonds. The number of carbonyl (C=O) groups excluding carboxylic acids is 1. The van der Waals surface area contributed by atoms with E-state index in [2.05, 4.69) is 4.74 Å². The lowest BCUT2D eigenvalue weighted by molar-refractivity contribution is -0.143. The topological polar surface area (TPSA) is 52.3 Å². The van der Waals surface area contributed by atoms with Crippen LogP contribution < -0.4 is 5.73 Å². The second-order valence-corrected chi connectivity index (χ2v) is 4.45. The fraction of sp³-hybridized carbons (Fsp3) is 0.462. The second-order valence-electron chi connectivity index (χ2n) is 4.45. The van der Waals surface area contributed by atoms with Crippen LogP contribution in [0.3, 0.4) is 0 Å². The minimum atomic E-state index is -4.96. The second kappa shape index (κ2) is 6.55. The Morgan fingerprint density at radius 3 is 1.91 bits per heavy atom. The molecule has 0 radical (unpaired) electrons. The largest absolute Gasteiger partial charge is 0.466 e. The molecular formula is C13H13F6NO2. The summed E-state index contributed by atoms with van der Waals surface area (Å²) >= 11 is 0. The molecule has 0 fully saturated rings. The fourth-order valence-corrected chi connectivity index (χ4v) is 1.71. The third-order valence-electron chi connectivity index (χ3n) is 2.73. The molecule has 1 atom stereocenters. The molecule has 0 aliphatic carbocycles. The SMILES string of the molecule is CCOC(=O)CC(N)c1cc(C(F)(F)F)cc(C(F)(F)F)c1. The fourth-order valence-electron chi connectivity index (χ4n) is 1.71. The van der Waals surface area contributed by atoms with E-state index in [9.17, 15) is 31.1 Å². The number of carbonyl (C=O) groups is 1. The number of hydrogen-bond donors (Lipinski definition) is 1. The molecule has 0 saturated carbocycles. The molecule has 0 aliphatic heterocycles. The van der Waals surface area contributed by atoms with Gasteiger partial charge in [0.05, 0.1) is 24.2 Å². The molecule has 0 spiro atoms. The number of rotatable bonds is 4. The maximum absolute atomic E-state index is 12.7. The highest BCUT2D eigenvalue weighted by molar-refractivity contribution is 5.70. The number of halogens is 6. The highest BCUT2D eigenvalue weighted by Crippen LogP contribution is 2.37. The van der Waals surface area contributed by atoms with E-state index in [-0.39, 0.29) is 12.7 Å². The molecule has 0 saturated heterocycles. The van der Waals surface area contributed by atoms with Gasteiger partial charge < -0.3 is 10.5 Å². The Morgan fingerprint density at radius 2 is 1.55 bits per heavy atom. The Kier molecular flexibility index (Phi) is 5.44. The van der Waals surface area contributed by atoms with Gasteiger partial charge in [-0.3, -0.25) is 4.79 Å². The van der Waals surface area contributed by atoms with Crippen molar-refractivity contribution in [2.24, 2.45) is 5.73 Å². The molecule has 1 aromatic rings. The molecule has 22 heavy (non-hydrogen) atoms. The van der Waals surface area contributed by atoms with Gasteiger partial charge >= 0.3 is 18.3 Å². The van der Waals surface area contributed by atoms with E-state index in [1.807, 2.05) is 0 Å². The Bertz CT molecular complexity index is 506. The van der Waals surface area contributed by atoms with Crippen LogP contribution in [0.2, 0.25) is 0 Å². The lowest BCUT2D eigenvalue weighted by Crippen LogP contribution is -2.19. The van der Waals surface area contributed by atoms with Gasteiger partial charge in [0.1, 0.15) is 0 Å². The average Bonchev–Trinajstić information content (AvgIpc) is 2.36. The molecule has 1 unspecified atom stereocenters. The van der Waals surface area contributed by atoms with Crippen LogP contribution in [-0.4, -0.2) is 12.6 Å². The summed E-state index contributed by atoms with van der Waals surface area (Å²) in [6.07, 6.45) is -10.4. The summed E-state index contributed by atoms with van der Waals surface area (Å²) in [5, 5.41) is 0. The Morgan fingerprint density at radius 1 is 1.09 bits per heavy atom. The van der Waals surface area contributed by atoms with Crippen LogP contribution in [0.5, 0.6) is 0 Å². The number of alkyl halides is 6. The zero-order chi connectivity index (χ0) is 17.1. The maximum atomic E-state index is 12.7. The minimum Gasteiger partial charge on any atom is -0.466 e. The normalized spacial score (nSPS) is 13.8. The number of benzene rings is 1. The van der Waals surface area contributed by atoms with Crippen molar-refractivity contribution < 1.29 is 35.9 Å². The molecule has 1 aromatic carbocycles. The van der Waals surface area contributed by atoms with E-state index in [4.69, 9.17) is 5.73 Å². The molecular weight excluding hydrogens is 316 g/mol. The van der Waals surface area contributed by atoms with Gasteiger partial charge in [0.15, 0.2) is 0 Å². The van der Waals surface area contributed by atoms with Crippen molar-refractivity contribution in [3.8, 4) is 0 Å². The first-order valence-electron chi connectivity index (χ1n) is 6.15. The van der Waals surface area contributed by atoms with Crippen molar-refractivity contribution in [3.63, 3.8) is 0 Å². The third-order valence-corrected chi connectivity index (χ3v) is 2.73. The molecule has 0 aliphatic rings. The summed E-state index contributed by atoms with van der Waals surface area (Å²) in [5.74, 6) is -0.805. The average molecular weight is 329 g/mol. The first-order chi connectivity index (χ1) is 9.95. The highest BCUT2D eigenvalue weighted by Gasteiger charge is 2.37. The lowest BCUT2D eigenvalue weighted by Gasteiger charge is -2.17. The summed E-state index contributed by atoms with van der Waals surface area (Å²) in [7, 11) is 0. The quantitative estimate of drug-likeness (QED) is 0.677. The zero-order valence-electron chi connectivity index (χ0n) is 11.4. The monoisotopic (exact) mass is 329 g/mol. The predicted octanol–water partition coefficient (Wildman–Crippen LogP) is 3.68. The van der Waals surface area contributed by atoms with Gasteiger partial charge in [-0.1, -0.05) is 0 Å². The van der Waals surface area contributed by atoms with Crippen molar-refractivity contribution in [1.82, 2.24) is 0 Å². The van der Waals surface area contributed by atoms with Gasteiger partial charge in [-0.25, -0.2) is 0 Å². The van der Waals surface area contributed by atoms with E-state index in [1.165, 1.54) is 6.92 Å². The van der Waals surface area contributed by atoms with Crippen LogP contribution in [0, 0.1) is 0 Å². The van der Waals surface area contributed by atoms with Crippen LogP contribution >= 0.6 is 0 Å². The molecule has 2 N–H and O–H groups in total. The van der Waals surface area contributed by atoms with Gasteiger partial charge in [-0.2, -0.15) is 26.3 Å². The van der Waals surface area contributed by atoms with Gasteiger partial charge in [0.2, 0.25) is 0 Å². The van der Waals surface area contributed by atoms with Gasteiger partial charge in [0.25, 0.3) is 0 Å². The summed E-state index contributed by atoms with van der Waals surface area (Å²) in [4.78, 5) is 11.2. The number of ether oxygens (including phenoxy) is 1. The van der Waals surface area contributed by atoms with Crippen LogP contribution in [-0.2, 0) is 21.9 Å². The Hall–Kier alpha value is -1.77. The van der Waals surface area contributed by atoms with Crippen molar-refractivity contribution in [3.05, 3.63) is 34.9 Å². The molecule has 3 nitrogen and oxygen atoms in total. The van der Waals surface area contributed by atoms with Crippen molar-refractivity contribution in [2.45, 2.75) is 31.7 Å². The van der Waals surface area contributed by atoms with Crippen LogP contribution in [0.15, 0.2) is 18.2 Å². The molecule has 0 aromatic heterocycles. The summed E-state index contributed by atoms with van der Waals surface area (Å²) in [5.41, 5.74) is 2.13. The van der Waals surface area contributed by atoms with Gasteiger partial charge in [-0.15, -0.1) is 0 Å². The highest BCUT2D eigenvalue weighted by atomic mass is 19.4. The first-order valence-corrected chi connectivity index (χ1v) is 6.15. The summed E-state index contributed by atoms with van der Waals surface area (Å²) in [6, 6.07) is -0.332.